The van der Waals surface area contributed by atoms with E-state index in [2.05, 4.69) is 21.6 Å². The minimum Gasteiger partial charge on any atom is -0.491 e. The Labute approximate surface area is 114 Å². The summed E-state index contributed by atoms with van der Waals surface area (Å²) in [4.78, 5) is 0. The van der Waals surface area contributed by atoms with Gasteiger partial charge in [-0.25, -0.2) is 0 Å². The molecule has 4 heteroatoms. The van der Waals surface area contributed by atoms with Gasteiger partial charge in [0.05, 0.1) is 12.3 Å². The zero-order valence-electron chi connectivity index (χ0n) is 11.7. The van der Waals surface area contributed by atoms with Crippen LogP contribution in [0, 0.1) is 6.92 Å². The van der Waals surface area contributed by atoms with Gasteiger partial charge in [-0.15, -0.1) is 0 Å². The number of nitrogens with zero attached hydrogens (tertiary/aromatic N) is 1. The third-order valence-corrected chi connectivity index (χ3v) is 2.90. The van der Waals surface area contributed by atoms with E-state index in [1.807, 2.05) is 45.2 Å². The van der Waals surface area contributed by atoms with E-state index in [4.69, 9.17) is 4.74 Å². The Morgan fingerprint density at radius 1 is 1.21 bits per heavy atom. The van der Waals surface area contributed by atoms with E-state index in [0.29, 0.717) is 0 Å². The van der Waals surface area contributed by atoms with Crippen molar-refractivity contribution in [3.05, 3.63) is 47.3 Å². The van der Waals surface area contributed by atoms with E-state index in [-0.39, 0.29) is 6.10 Å². The van der Waals surface area contributed by atoms with Gasteiger partial charge in [-0.1, -0.05) is 18.2 Å². The summed E-state index contributed by atoms with van der Waals surface area (Å²) in [5, 5.41) is 10.4. The van der Waals surface area contributed by atoms with Gasteiger partial charge in [-0.3, -0.25) is 5.10 Å². The van der Waals surface area contributed by atoms with E-state index in [0.717, 1.165) is 24.5 Å². The maximum Gasteiger partial charge on any atom is 0.124 e. The molecular weight excluding hydrogens is 238 g/mol. The van der Waals surface area contributed by atoms with Crippen LogP contribution in [0.15, 0.2) is 30.5 Å². The molecule has 0 atom stereocenters. The number of benzene rings is 1. The van der Waals surface area contributed by atoms with Crippen LogP contribution in [0.5, 0.6) is 5.75 Å². The van der Waals surface area contributed by atoms with Crippen LogP contribution in [0.1, 0.15) is 30.7 Å². The maximum atomic E-state index is 5.80. The van der Waals surface area contributed by atoms with Crippen LogP contribution in [0.2, 0.25) is 0 Å². The highest BCUT2D eigenvalue weighted by Crippen LogP contribution is 2.19. The lowest BCUT2D eigenvalue weighted by molar-refractivity contribution is 0.239. The van der Waals surface area contributed by atoms with Crippen molar-refractivity contribution in [3.63, 3.8) is 0 Å². The van der Waals surface area contributed by atoms with E-state index in [1.165, 1.54) is 11.1 Å². The minimum atomic E-state index is 0.192. The predicted octanol–water partition coefficient (Wildman–Crippen LogP) is 2.80. The summed E-state index contributed by atoms with van der Waals surface area (Å²) in [6.07, 6.45) is 2.05. The smallest absolute Gasteiger partial charge is 0.124 e. The average molecular weight is 259 g/mol. The SMILES string of the molecule is Cc1[nH]ncc1CNCc1ccccc1OC(C)C. The molecule has 1 heterocycles. The molecule has 102 valence electrons. The largest absolute Gasteiger partial charge is 0.491 e. The van der Waals surface area contributed by atoms with Gasteiger partial charge in [-0.05, 0) is 26.8 Å². The monoisotopic (exact) mass is 259 g/mol. The molecule has 0 bridgehead atoms. The van der Waals surface area contributed by atoms with Crippen molar-refractivity contribution in [3.8, 4) is 5.75 Å². The van der Waals surface area contributed by atoms with Crippen LogP contribution in [0.3, 0.4) is 0 Å². The highest BCUT2D eigenvalue weighted by Gasteiger charge is 2.05. The number of hydrogen-bond donors (Lipinski definition) is 2. The van der Waals surface area contributed by atoms with Crippen LogP contribution >= 0.6 is 0 Å². The van der Waals surface area contributed by atoms with Crippen molar-refractivity contribution in [2.45, 2.75) is 40.0 Å². The number of rotatable bonds is 6. The highest BCUT2D eigenvalue weighted by molar-refractivity contribution is 5.33. The number of hydrogen-bond acceptors (Lipinski definition) is 3. The Kier molecular flexibility index (Phi) is 4.58. The first-order valence-corrected chi connectivity index (χ1v) is 6.61. The second-order valence-corrected chi connectivity index (χ2v) is 4.90. The molecule has 0 unspecified atom stereocenters. The molecule has 2 aromatic rings. The Balaban J connectivity index is 1.94. The fourth-order valence-electron chi connectivity index (χ4n) is 1.90. The van der Waals surface area contributed by atoms with Crippen molar-refractivity contribution in [2.75, 3.05) is 0 Å². The maximum absolute atomic E-state index is 5.80. The van der Waals surface area contributed by atoms with Crippen molar-refractivity contribution < 1.29 is 4.74 Å². The first-order chi connectivity index (χ1) is 9.16. The number of H-pyrrole nitrogens is 1. The van der Waals surface area contributed by atoms with Gasteiger partial charge in [0, 0.05) is 29.9 Å². The Morgan fingerprint density at radius 2 is 1.95 bits per heavy atom. The third kappa shape index (κ3) is 3.83. The topological polar surface area (TPSA) is 49.9 Å². The zero-order valence-corrected chi connectivity index (χ0v) is 11.7. The molecule has 0 aliphatic heterocycles. The summed E-state index contributed by atoms with van der Waals surface area (Å²) in [6, 6.07) is 8.14. The molecule has 1 aromatic heterocycles. The number of ether oxygens (including phenoxy) is 1. The molecule has 0 amide bonds. The fraction of sp³-hybridized carbons (Fsp3) is 0.400. The zero-order chi connectivity index (χ0) is 13.7. The Morgan fingerprint density at radius 3 is 2.63 bits per heavy atom. The number of aromatic amines is 1. The van der Waals surface area contributed by atoms with E-state index in [9.17, 15) is 0 Å². The van der Waals surface area contributed by atoms with Gasteiger partial charge in [-0.2, -0.15) is 5.10 Å². The first kappa shape index (κ1) is 13.6. The molecule has 2 rings (SSSR count). The molecule has 0 saturated heterocycles. The van der Waals surface area contributed by atoms with Crippen molar-refractivity contribution >= 4 is 0 Å². The number of nitrogens with one attached hydrogen (secondary N) is 2. The predicted molar refractivity (Wildman–Crippen MR) is 76.1 cm³/mol. The summed E-state index contributed by atoms with van der Waals surface area (Å²) < 4.78 is 5.80. The molecule has 0 fully saturated rings. The Hall–Kier alpha value is -1.81. The number of para-hydroxylation sites is 1. The lowest BCUT2D eigenvalue weighted by Gasteiger charge is -2.14. The molecule has 0 radical (unpaired) electrons. The lowest BCUT2D eigenvalue weighted by atomic mass is 10.2. The van der Waals surface area contributed by atoms with Gasteiger partial charge >= 0.3 is 0 Å². The molecule has 0 spiro atoms. The normalized spacial score (nSPS) is 10.9. The molecule has 4 nitrogen and oxygen atoms in total. The van der Waals surface area contributed by atoms with Gasteiger partial charge in [0.15, 0.2) is 0 Å². The molecule has 2 N–H and O–H groups in total. The summed E-state index contributed by atoms with van der Waals surface area (Å²) in [5.41, 5.74) is 3.49. The molecule has 0 aliphatic rings. The minimum absolute atomic E-state index is 0.192. The van der Waals surface area contributed by atoms with E-state index in [1.54, 1.807) is 0 Å². The van der Waals surface area contributed by atoms with Crippen molar-refractivity contribution in [1.82, 2.24) is 15.5 Å². The van der Waals surface area contributed by atoms with Crippen LogP contribution in [0.4, 0.5) is 0 Å². The quantitative estimate of drug-likeness (QED) is 0.838. The van der Waals surface area contributed by atoms with Crippen LogP contribution in [-0.2, 0) is 13.1 Å². The molecule has 0 saturated carbocycles. The van der Waals surface area contributed by atoms with Gasteiger partial charge < -0.3 is 10.1 Å². The number of aryl methyl sites for hydroxylation is 1. The highest BCUT2D eigenvalue weighted by atomic mass is 16.5. The summed E-state index contributed by atoms with van der Waals surface area (Å²) in [6.45, 7) is 7.70. The van der Waals surface area contributed by atoms with E-state index >= 15 is 0 Å². The van der Waals surface area contributed by atoms with Crippen LogP contribution in [-0.4, -0.2) is 16.3 Å². The van der Waals surface area contributed by atoms with Crippen molar-refractivity contribution in [1.29, 1.82) is 0 Å². The van der Waals surface area contributed by atoms with E-state index < -0.39 is 0 Å². The fourth-order valence-corrected chi connectivity index (χ4v) is 1.90. The second-order valence-electron chi connectivity index (χ2n) is 4.90. The van der Waals surface area contributed by atoms with Crippen molar-refractivity contribution in [2.24, 2.45) is 0 Å². The molecular formula is C15H21N3O. The second kappa shape index (κ2) is 6.38. The van der Waals surface area contributed by atoms with Crippen LogP contribution in [0.25, 0.3) is 0 Å². The lowest BCUT2D eigenvalue weighted by Crippen LogP contribution is -2.15. The standard InChI is InChI=1S/C15H21N3O/c1-11(2)19-15-7-5-4-6-13(15)8-16-9-14-10-17-18-12(14)3/h4-7,10-11,16H,8-9H2,1-3H3,(H,17,18). The van der Waals surface area contributed by atoms with Gasteiger partial charge in [0.25, 0.3) is 0 Å². The molecule has 1 aromatic carbocycles. The number of aromatic nitrogens is 2. The van der Waals surface area contributed by atoms with Gasteiger partial charge in [0.1, 0.15) is 5.75 Å². The van der Waals surface area contributed by atoms with Gasteiger partial charge in [0.2, 0.25) is 0 Å². The molecule has 0 aliphatic carbocycles. The summed E-state index contributed by atoms with van der Waals surface area (Å²) in [5.74, 6) is 0.953. The average Bonchev–Trinajstić information content (AvgIpc) is 2.77. The Bertz CT molecular complexity index is 520. The summed E-state index contributed by atoms with van der Waals surface area (Å²) in [7, 11) is 0. The third-order valence-electron chi connectivity index (χ3n) is 2.90. The molecule has 19 heavy (non-hydrogen) atoms. The first-order valence-electron chi connectivity index (χ1n) is 6.61. The summed E-state index contributed by atoms with van der Waals surface area (Å²) >= 11 is 0. The van der Waals surface area contributed by atoms with Crippen LogP contribution < -0.4 is 10.1 Å².